The molecule has 6 heteroatoms. The number of rotatable bonds is 4. The Bertz CT molecular complexity index is 380. The maximum absolute atomic E-state index is 12.9. The molecule has 1 unspecified atom stereocenters. The Balaban J connectivity index is 2.02. The molecule has 0 aromatic carbocycles. The van der Waals surface area contributed by atoms with E-state index < -0.39 is 5.41 Å². The van der Waals surface area contributed by atoms with Crippen LogP contribution in [0.3, 0.4) is 0 Å². The fraction of sp³-hybridized carbons (Fsp3) is 0.867. The Hall–Kier alpha value is -1.14. The first-order valence-electron chi connectivity index (χ1n) is 7.87. The van der Waals surface area contributed by atoms with Gasteiger partial charge < -0.3 is 20.1 Å². The predicted molar refractivity (Wildman–Crippen MR) is 77.5 cm³/mol. The van der Waals surface area contributed by atoms with Crippen molar-refractivity contribution in [2.45, 2.75) is 32.6 Å². The summed E-state index contributed by atoms with van der Waals surface area (Å²) in [6.45, 7) is 4.85. The molecule has 0 aromatic rings. The van der Waals surface area contributed by atoms with Gasteiger partial charge in [0.2, 0.25) is 5.91 Å². The second-order valence-corrected chi connectivity index (χ2v) is 5.94. The van der Waals surface area contributed by atoms with Gasteiger partial charge in [0.05, 0.1) is 17.9 Å². The van der Waals surface area contributed by atoms with Gasteiger partial charge in [0, 0.05) is 32.8 Å². The van der Waals surface area contributed by atoms with Gasteiger partial charge in [-0.3, -0.25) is 9.59 Å². The van der Waals surface area contributed by atoms with Crippen LogP contribution in [0.15, 0.2) is 0 Å². The Morgan fingerprint density at radius 3 is 2.71 bits per heavy atom. The molecular formula is C15H26N2O4. The summed E-state index contributed by atoms with van der Waals surface area (Å²) in [5, 5.41) is 0. The van der Waals surface area contributed by atoms with E-state index in [1.807, 2.05) is 4.90 Å². The smallest absolute Gasteiger partial charge is 0.310 e. The molecule has 0 aliphatic carbocycles. The van der Waals surface area contributed by atoms with Crippen molar-refractivity contribution in [3.8, 4) is 0 Å². The van der Waals surface area contributed by atoms with Crippen molar-refractivity contribution in [3.63, 3.8) is 0 Å². The highest BCUT2D eigenvalue weighted by Gasteiger charge is 2.43. The van der Waals surface area contributed by atoms with E-state index in [-0.39, 0.29) is 17.8 Å². The van der Waals surface area contributed by atoms with Crippen molar-refractivity contribution in [3.05, 3.63) is 0 Å². The Morgan fingerprint density at radius 2 is 2.10 bits per heavy atom. The van der Waals surface area contributed by atoms with Crippen LogP contribution < -0.4 is 5.73 Å². The van der Waals surface area contributed by atoms with Crippen LogP contribution in [-0.2, 0) is 19.1 Å². The molecule has 2 fully saturated rings. The fourth-order valence-electron chi connectivity index (χ4n) is 3.22. The molecule has 0 radical (unpaired) electrons. The summed E-state index contributed by atoms with van der Waals surface area (Å²) in [6.07, 6.45) is 2.97. The maximum atomic E-state index is 12.9. The summed E-state index contributed by atoms with van der Waals surface area (Å²) < 4.78 is 10.4. The van der Waals surface area contributed by atoms with Crippen molar-refractivity contribution < 1.29 is 19.1 Å². The van der Waals surface area contributed by atoms with Crippen LogP contribution in [0.1, 0.15) is 32.6 Å². The minimum atomic E-state index is -0.505. The summed E-state index contributed by atoms with van der Waals surface area (Å²) >= 11 is 0. The molecule has 1 amide bonds. The number of hydrogen-bond acceptors (Lipinski definition) is 5. The standard InChI is InChI=1S/C15H26N2O4/c1-2-21-13(18)12-4-3-7-17(10-12)14(19)15(11-16)5-8-20-9-6-15/h12H,2-11,16H2,1H3. The lowest BCUT2D eigenvalue weighted by molar-refractivity contribution is -0.155. The van der Waals surface area contributed by atoms with Gasteiger partial charge in [-0.05, 0) is 32.6 Å². The van der Waals surface area contributed by atoms with Gasteiger partial charge in [0.1, 0.15) is 0 Å². The van der Waals surface area contributed by atoms with E-state index in [1.165, 1.54) is 0 Å². The summed E-state index contributed by atoms with van der Waals surface area (Å²) in [6, 6.07) is 0. The average molecular weight is 298 g/mol. The number of esters is 1. The second kappa shape index (κ2) is 7.22. The summed E-state index contributed by atoms with van der Waals surface area (Å²) in [4.78, 5) is 26.6. The van der Waals surface area contributed by atoms with E-state index in [0.717, 1.165) is 12.8 Å². The average Bonchev–Trinajstić information content (AvgIpc) is 2.55. The number of hydrogen-bond donors (Lipinski definition) is 1. The Kier molecular flexibility index (Phi) is 5.58. The number of nitrogens with two attached hydrogens (primary N) is 1. The molecule has 2 aliphatic rings. The number of ether oxygens (including phenoxy) is 2. The van der Waals surface area contributed by atoms with E-state index in [1.54, 1.807) is 6.92 Å². The van der Waals surface area contributed by atoms with Gasteiger partial charge >= 0.3 is 5.97 Å². The quantitative estimate of drug-likeness (QED) is 0.766. The lowest BCUT2D eigenvalue weighted by Crippen LogP contribution is -2.54. The van der Waals surface area contributed by atoms with E-state index in [9.17, 15) is 9.59 Å². The zero-order valence-electron chi connectivity index (χ0n) is 12.8. The minimum absolute atomic E-state index is 0.0855. The molecule has 6 nitrogen and oxygen atoms in total. The summed E-state index contributed by atoms with van der Waals surface area (Å²) in [5.74, 6) is -0.302. The molecule has 0 aromatic heterocycles. The molecule has 1 atom stereocenters. The molecule has 120 valence electrons. The molecular weight excluding hydrogens is 272 g/mol. The van der Waals surface area contributed by atoms with Crippen molar-refractivity contribution in [1.29, 1.82) is 0 Å². The minimum Gasteiger partial charge on any atom is -0.466 e. The van der Waals surface area contributed by atoms with Crippen molar-refractivity contribution in [2.75, 3.05) is 39.5 Å². The van der Waals surface area contributed by atoms with E-state index in [2.05, 4.69) is 0 Å². The molecule has 0 saturated carbocycles. The van der Waals surface area contributed by atoms with Crippen molar-refractivity contribution in [2.24, 2.45) is 17.1 Å². The molecule has 2 N–H and O–H groups in total. The van der Waals surface area contributed by atoms with Gasteiger partial charge in [0.25, 0.3) is 0 Å². The molecule has 2 heterocycles. The van der Waals surface area contributed by atoms with Crippen LogP contribution in [0.4, 0.5) is 0 Å². The highest BCUT2D eigenvalue weighted by atomic mass is 16.5. The first kappa shape index (κ1) is 16.2. The predicted octanol–water partition coefficient (Wildman–Crippen LogP) is 0.544. The monoisotopic (exact) mass is 298 g/mol. The number of amides is 1. The third-order valence-corrected chi connectivity index (χ3v) is 4.62. The maximum Gasteiger partial charge on any atom is 0.310 e. The third kappa shape index (κ3) is 3.55. The first-order valence-corrected chi connectivity index (χ1v) is 7.87. The number of nitrogens with zero attached hydrogens (tertiary/aromatic N) is 1. The van der Waals surface area contributed by atoms with Gasteiger partial charge in [-0.1, -0.05) is 0 Å². The Morgan fingerprint density at radius 1 is 1.38 bits per heavy atom. The SMILES string of the molecule is CCOC(=O)C1CCCN(C(=O)C2(CN)CCOCC2)C1. The number of likely N-dealkylation sites (tertiary alicyclic amines) is 1. The first-order chi connectivity index (χ1) is 10.1. The van der Waals surface area contributed by atoms with Gasteiger partial charge in [0.15, 0.2) is 0 Å². The zero-order valence-corrected chi connectivity index (χ0v) is 12.8. The van der Waals surface area contributed by atoms with Gasteiger partial charge in [-0.25, -0.2) is 0 Å². The van der Waals surface area contributed by atoms with Crippen LogP contribution in [0.5, 0.6) is 0 Å². The number of carbonyl (C=O) groups is 2. The zero-order chi connectivity index (χ0) is 15.3. The number of carbonyl (C=O) groups excluding carboxylic acids is 2. The highest BCUT2D eigenvalue weighted by Crippen LogP contribution is 2.33. The van der Waals surface area contributed by atoms with Gasteiger partial charge in [-0.2, -0.15) is 0 Å². The van der Waals surface area contributed by atoms with Crippen molar-refractivity contribution in [1.82, 2.24) is 4.90 Å². The van der Waals surface area contributed by atoms with Crippen molar-refractivity contribution >= 4 is 11.9 Å². The van der Waals surface area contributed by atoms with E-state index in [0.29, 0.717) is 52.3 Å². The second-order valence-electron chi connectivity index (χ2n) is 5.94. The van der Waals surface area contributed by atoms with Crippen LogP contribution in [0, 0.1) is 11.3 Å². The van der Waals surface area contributed by atoms with Crippen LogP contribution in [0.25, 0.3) is 0 Å². The van der Waals surface area contributed by atoms with Crippen LogP contribution in [0.2, 0.25) is 0 Å². The molecule has 2 aliphatic heterocycles. The topological polar surface area (TPSA) is 81.9 Å². The van der Waals surface area contributed by atoms with E-state index in [4.69, 9.17) is 15.2 Å². The molecule has 0 spiro atoms. The van der Waals surface area contributed by atoms with Gasteiger partial charge in [-0.15, -0.1) is 0 Å². The highest BCUT2D eigenvalue weighted by molar-refractivity contribution is 5.84. The lowest BCUT2D eigenvalue weighted by atomic mass is 9.78. The Labute approximate surface area is 125 Å². The summed E-state index contributed by atoms with van der Waals surface area (Å²) in [5.41, 5.74) is 5.39. The van der Waals surface area contributed by atoms with Crippen LogP contribution in [-0.4, -0.2) is 56.2 Å². The molecule has 21 heavy (non-hydrogen) atoms. The third-order valence-electron chi connectivity index (χ3n) is 4.62. The summed E-state index contributed by atoms with van der Waals surface area (Å²) in [7, 11) is 0. The number of piperidine rings is 1. The van der Waals surface area contributed by atoms with E-state index >= 15 is 0 Å². The largest absolute Gasteiger partial charge is 0.466 e. The molecule has 0 bridgehead atoms. The van der Waals surface area contributed by atoms with Crippen LogP contribution >= 0.6 is 0 Å². The molecule has 2 rings (SSSR count). The fourth-order valence-corrected chi connectivity index (χ4v) is 3.22. The normalized spacial score (nSPS) is 25.4. The molecule has 2 saturated heterocycles. The lowest BCUT2D eigenvalue weighted by Gasteiger charge is -2.41.